The van der Waals surface area contributed by atoms with Crippen LogP contribution in [0.25, 0.3) is 0 Å². The zero-order chi connectivity index (χ0) is 13.2. The molecule has 1 N–H and O–H groups in total. The molecule has 0 aromatic heterocycles. The molecule has 1 unspecified atom stereocenters. The normalized spacial score (nSPS) is 16.1. The van der Waals surface area contributed by atoms with Gasteiger partial charge in [-0.1, -0.05) is 36.4 Å². The van der Waals surface area contributed by atoms with E-state index in [9.17, 15) is 8.78 Å². The third-order valence-electron chi connectivity index (χ3n) is 3.51. The molecule has 1 saturated carbocycles. The first kappa shape index (κ1) is 12.2. The van der Waals surface area contributed by atoms with E-state index in [2.05, 4.69) is 5.32 Å². The fourth-order valence-corrected chi connectivity index (χ4v) is 2.35. The Morgan fingerprint density at radius 3 is 2.11 bits per heavy atom. The first-order chi connectivity index (χ1) is 9.25. The maximum Gasteiger partial charge on any atom is 0.149 e. The van der Waals surface area contributed by atoms with Gasteiger partial charge in [-0.2, -0.15) is 0 Å². The molecular formula is C16H15F2N. The summed E-state index contributed by atoms with van der Waals surface area (Å²) in [4.78, 5) is 0. The van der Waals surface area contributed by atoms with Crippen LogP contribution < -0.4 is 5.32 Å². The van der Waals surface area contributed by atoms with Crippen molar-refractivity contribution in [3.05, 3.63) is 65.7 Å². The molecule has 0 saturated heterocycles. The van der Waals surface area contributed by atoms with Crippen molar-refractivity contribution in [2.24, 2.45) is 5.92 Å². The molecule has 19 heavy (non-hydrogen) atoms. The molecule has 3 heteroatoms. The highest BCUT2D eigenvalue weighted by molar-refractivity contribution is 5.48. The monoisotopic (exact) mass is 259 g/mol. The third-order valence-corrected chi connectivity index (χ3v) is 3.51. The maximum atomic E-state index is 13.7. The van der Waals surface area contributed by atoms with E-state index in [4.69, 9.17) is 0 Å². The van der Waals surface area contributed by atoms with Gasteiger partial charge >= 0.3 is 0 Å². The van der Waals surface area contributed by atoms with Crippen LogP contribution in [0.4, 0.5) is 14.5 Å². The lowest BCUT2D eigenvalue weighted by Crippen LogP contribution is -2.14. The lowest BCUT2D eigenvalue weighted by molar-refractivity contribution is 0.575. The first-order valence-electron chi connectivity index (χ1n) is 6.51. The van der Waals surface area contributed by atoms with E-state index in [-0.39, 0.29) is 11.7 Å². The van der Waals surface area contributed by atoms with Crippen LogP contribution in [0, 0.1) is 17.6 Å². The van der Waals surface area contributed by atoms with Crippen LogP contribution in [0.5, 0.6) is 0 Å². The Kier molecular flexibility index (Phi) is 3.20. The van der Waals surface area contributed by atoms with E-state index in [1.807, 2.05) is 30.3 Å². The van der Waals surface area contributed by atoms with Gasteiger partial charge in [-0.25, -0.2) is 8.78 Å². The highest BCUT2D eigenvalue weighted by atomic mass is 19.1. The minimum atomic E-state index is -0.540. The molecule has 2 aromatic rings. The molecule has 1 atom stereocenters. The zero-order valence-corrected chi connectivity index (χ0v) is 10.4. The third kappa shape index (κ3) is 2.60. The molecule has 1 aliphatic carbocycles. The number of hydrogen-bond donors (Lipinski definition) is 1. The number of benzene rings is 2. The first-order valence-corrected chi connectivity index (χ1v) is 6.51. The van der Waals surface area contributed by atoms with Gasteiger partial charge in [-0.15, -0.1) is 0 Å². The van der Waals surface area contributed by atoms with Gasteiger partial charge in [0.25, 0.3) is 0 Å². The van der Waals surface area contributed by atoms with Crippen molar-refractivity contribution in [3.8, 4) is 0 Å². The second kappa shape index (κ2) is 5.00. The van der Waals surface area contributed by atoms with Gasteiger partial charge in [-0.3, -0.25) is 0 Å². The smallest absolute Gasteiger partial charge is 0.149 e. The molecule has 98 valence electrons. The SMILES string of the molecule is Fc1cccc(F)c1NC(c1ccccc1)C1CC1. The minimum absolute atomic E-state index is 0.0207. The van der Waals surface area contributed by atoms with Crippen molar-refractivity contribution in [2.75, 3.05) is 5.32 Å². The molecule has 0 bridgehead atoms. The van der Waals surface area contributed by atoms with Crippen LogP contribution in [0.15, 0.2) is 48.5 Å². The van der Waals surface area contributed by atoms with Crippen molar-refractivity contribution in [2.45, 2.75) is 18.9 Å². The van der Waals surface area contributed by atoms with Gasteiger partial charge in [0.2, 0.25) is 0 Å². The maximum absolute atomic E-state index is 13.7. The lowest BCUT2D eigenvalue weighted by Gasteiger charge is -2.20. The number of para-hydroxylation sites is 1. The number of hydrogen-bond acceptors (Lipinski definition) is 1. The van der Waals surface area contributed by atoms with Crippen molar-refractivity contribution in [1.82, 2.24) is 0 Å². The summed E-state index contributed by atoms with van der Waals surface area (Å²) < 4.78 is 27.4. The summed E-state index contributed by atoms with van der Waals surface area (Å²) in [6.07, 6.45) is 2.20. The largest absolute Gasteiger partial charge is 0.373 e. The van der Waals surface area contributed by atoms with Gasteiger partial charge in [0, 0.05) is 0 Å². The Morgan fingerprint density at radius 2 is 1.53 bits per heavy atom. The van der Waals surface area contributed by atoms with Crippen LogP contribution in [-0.2, 0) is 0 Å². The van der Waals surface area contributed by atoms with Gasteiger partial charge in [-0.05, 0) is 36.5 Å². The Labute approximate surface area is 111 Å². The number of rotatable bonds is 4. The van der Waals surface area contributed by atoms with Crippen LogP contribution in [0.1, 0.15) is 24.4 Å². The van der Waals surface area contributed by atoms with E-state index in [0.29, 0.717) is 5.92 Å². The molecule has 0 amide bonds. The number of anilines is 1. The standard InChI is InChI=1S/C16H15F2N/c17-13-7-4-8-14(18)16(13)19-15(12-9-10-12)11-5-2-1-3-6-11/h1-8,12,15,19H,9-10H2. The van der Waals surface area contributed by atoms with Crippen molar-refractivity contribution in [3.63, 3.8) is 0 Å². The molecule has 1 aliphatic rings. The molecule has 0 heterocycles. The van der Waals surface area contributed by atoms with Crippen molar-refractivity contribution >= 4 is 5.69 Å². The second-order valence-electron chi connectivity index (χ2n) is 4.97. The number of halogens is 2. The van der Waals surface area contributed by atoms with Crippen LogP contribution in [0.3, 0.4) is 0 Å². The van der Waals surface area contributed by atoms with E-state index < -0.39 is 11.6 Å². The average molecular weight is 259 g/mol. The van der Waals surface area contributed by atoms with Gasteiger partial charge < -0.3 is 5.32 Å². The van der Waals surface area contributed by atoms with Crippen LogP contribution >= 0.6 is 0 Å². The van der Waals surface area contributed by atoms with Gasteiger partial charge in [0.05, 0.1) is 6.04 Å². The van der Waals surface area contributed by atoms with Gasteiger partial charge in [0.15, 0.2) is 0 Å². The molecule has 0 spiro atoms. The van der Waals surface area contributed by atoms with Crippen LogP contribution in [-0.4, -0.2) is 0 Å². The number of nitrogens with one attached hydrogen (secondary N) is 1. The van der Waals surface area contributed by atoms with Crippen molar-refractivity contribution < 1.29 is 8.78 Å². The van der Waals surface area contributed by atoms with E-state index in [1.165, 1.54) is 18.2 Å². The summed E-state index contributed by atoms with van der Waals surface area (Å²) in [6.45, 7) is 0. The summed E-state index contributed by atoms with van der Waals surface area (Å²) >= 11 is 0. The Balaban J connectivity index is 1.90. The molecule has 2 aromatic carbocycles. The predicted octanol–water partition coefficient (Wildman–Crippen LogP) is 4.53. The van der Waals surface area contributed by atoms with E-state index >= 15 is 0 Å². The Bertz CT molecular complexity index is 544. The Morgan fingerprint density at radius 1 is 0.895 bits per heavy atom. The predicted molar refractivity (Wildman–Crippen MR) is 71.9 cm³/mol. The summed E-state index contributed by atoms with van der Waals surface area (Å²) in [5.74, 6) is -0.621. The molecule has 0 aliphatic heterocycles. The zero-order valence-electron chi connectivity index (χ0n) is 10.4. The summed E-state index contributed by atoms with van der Waals surface area (Å²) in [7, 11) is 0. The summed E-state index contributed by atoms with van der Waals surface area (Å²) in [5, 5.41) is 3.04. The quantitative estimate of drug-likeness (QED) is 0.850. The molecule has 1 nitrogen and oxygen atoms in total. The highest BCUT2D eigenvalue weighted by Gasteiger charge is 2.33. The fourth-order valence-electron chi connectivity index (χ4n) is 2.35. The fraction of sp³-hybridized carbons (Fsp3) is 0.250. The molecular weight excluding hydrogens is 244 g/mol. The molecule has 3 rings (SSSR count). The average Bonchev–Trinajstić information content (AvgIpc) is 3.24. The van der Waals surface area contributed by atoms with Gasteiger partial charge in [0.1, 0.15) is 17.3 Å². The Hall–Kier alpha value is -1.90. The van der Waals surface area contributed by atoms with E-state index in [0.717, 1.165) is 18.4 Å². The highest BCUT2D eigenvalue weighted by Crippen LogP contribution is 2.43. The molecule has 0 radical (unpaired) electrons. The topological polar surface area (TPSA) is 12.0 Å². The summed E-state index contributed by atoms with van der Waals surface area (Å²) in [6, 6.07) is 13.7. The second-order valence-corrected chi connectivity index (χ2v) is 4.97. The lowest BCUT2D eigenvalue weighted by atomic mass is 10.0. The minimum Gasteiger partial charge on any atom is -0.373 e. The van der Waals surface area contributed by atoms with Crippen molar-refractivity contribution in [1.29, 1.82) is 0 Å². The van der Waals surface area contributed by atoms with Crippen LogP contribution in [0.2, 0.25) is 0 Å². The molecule has 1 fully saturated rings. The van der Waals surface area contributed by atoms with E-state index in [1.54, 1.807) is 0 Å². The summed E-state index contributed by atoms with van der Waals surface area (Å²) in [5.41, 5.74) is 1.05.